The molecule has 6 fully saturated rings. The van der Waals surface area contributed by atoms with Gasteiger partial charge >= 0.3 is 0 Å². The topological polar surface area (TPSA) is 44.4 Å². The second kappa shape index (κ2) is 7.20. The average molecular weight is 390 g/mol. The minimum absolute atomic E-state index is 0.225. The number of thiocarbonyl (C=S) groups is 1. The first-order chi connectivity index (χ1) is 13.1. The number of amides is 1. The smallest absolute Gasteiger partial charge is 0.241 e. The van der Waals surface area contributed by atoms with E-state index in [9.17, 15) is 4.79 Å². The van der Waals surface area contributed by atoms with Crippen molar-refractivity contribution < 1.29 is 4.79 Å². The molecular weight excluding hydrogens is 354 g/mol. The molecule has 6 aliphatic rings. The summed E-state index contributed by atoms with van der Waals surface area (Å²) < 4.78 is 0. The summed E-state index contributed by atoms with van der Waals surface area (Å²) >= 11 is 5.61. The molecule has 6 rings (SSSR count). The van der Waals surface area contributed by atoms with E-state index < -0.39 is 0 Å². The Morgan fingerprint density at radius 1 is 0.963 bits per heavy atom. The number of piperidine rings is 1. The molecule has 2 atom stereocenters. The Balaban J connectivity index is 1.11. The monoisotopic (exact) mass is 389 g/mol. The third kappa shape index (κ3) is 3.73. The largest absolute Gasteiger partial charge is 0.357 e. The number of likely N-dealkylation sites (tertiary alicyclic amines) is 1. The Morgan fingerprint density at radius 2 is 1.59 bits per heavy atom. The van der Waals surface area contributed by atoms with E-state index in [0.29, 0.717) is 11.7 Å². The first-order valence-corrected chi connectivity index (χ1v) is 11.8. The number of nitrogens with one attached hydrogen (secondary N) is 2. The SMILES string of the molecule is O=C(CNC(=S)NC12CC3CC(CC(C3)C1)C2)N1CCC2CCCCC2C1. The van der Waals surface area contributed by atoms with E-state index in [1.54, 1.807) is 0 Å². The van der Waals surface area contributed by atoms with Crippen molar-refractivity contribution in [3.63, 3.8) is 0 Å². The van der Waals surface area contributed by atoms with Gasteiger partial charge in [-0.05, 0) is 93.2 Å². The third-order valence-corrected chi connectivity index (χ3v) is 8.71. The fourth-order valence-corrected chi connectivity index (χ4v) is 7.93. The van der Waals surface area contributed by atoms with Gasteiger partial charge in [0.1, 0.15) is 0 Å². The van der Waals surface area contributed by atoms with Gasteiger partial charge in [0.25, 0.3) is 0 Å². The van der Waals surface area contributed by atoms with E-state index in [2.05, 4.69) is 15.5 Å². The average Bonchev–Trinajstić information content (AvgIpc) is 2.64. The van der Waals surface area contributed by atoms with Crippen LogP contribution in [0.2, 0.25) is 0 Å². The van der Waals surface area contributed by atoms with Gasteiger partial charge in [0.15, 0.2) is 5.11 Å². The molecule has 1 heterocycles. The van der Waals surface area contributed by atoms with Crippen LogP contribution in [0.1, 0.15) is 70.6 Å². The Kier molecular flexibility index (Phi) is 4.86. The van der Waals surface area contributed by atoms with Crippen molar-refractivity contribution >= 4 is 23.2 Å². The van der Waals surface area contributed by atoms with Gasteiger partial charge in [0, 0.05) is 18.6 Å². The van der Waals surface area contributed by atoms with E-state index in [1.807, 2.05) is 0 Å². The third-order valence-electron chi connectivity index (χ3n) is 8.46. The van der Waals surface area contributed by atoms with E-state index in [0.717, 1.165) is 42.7 Å². The summed E-state index contributed by atoms with van der Waals surface area (Å²) in [6.45, 7) is 2.27. The van der Waals surface area contributed by atoms with E-state index in [-0.39, 0.29) is 11.4 Å². The molecule has 0 aromatic heterocycles. The lowest BCUT2D eigenvalue weighted by atomic mass is 9.53. The Morgan fingerprint density at radius 3 is 2.26 bits per heavy atom. The van der Waals surface area contributed by atoms with Crippen molar-refractivity contribution in [3.8, 4) is 0 Å². The van der Waals surface area contributed by atoms with Crippen molar-refractivity contribution in [1.82, 2.24) is 15.5 Å². The maximum absolute atomic E-state index is 12.7. The fraction of sp³-hybridized carbons (Fsp3) is 0.909. The zero-order valence-corrected chi connectivity index (χ0v) is 17.4. The van der Waals surface area contributed by atoms with Gasteiger partial charge in [-0.15, -0.1) is 0 Å². The van der Waals surface area contributed by atoms with Gasteiger partial charge in [-0.1, -0.05) is 19.3 Å². The van der Waals surface area contributed by atoms with Crippen molar-refractivity contribution in [2.24, 2.45) is 29.6 Å². The lowest BCUT2D eigenvalue weighted by Crippen LogP contribution is -2.61. The normalized spacial score (nSPS) is 42.5. The van der Waals surface area contributed by atoms with Crippen molar-refractivity contribution in [2.45, 2.75) is 76.2 Å². The molecule has 5 saturated carbocycles. The van der Waals surface area contributed by atoms with Crippen LogP contribution in [0, 0.1) is 29.6 Å². The molecule has 0 aromatic rings. The number of nitrogens with zero attached hydrogens (tertiary/aromatic N) is 1. The number of rotatable bonds is 3. The molecule has 1 saturated heterocycles. The van der Waals surface area contributed by atoms with Crippen molar-refractivity contribution in [2.75, 3.05) is 19.6 Å². The van der Waals surface area contributed by atoms with Crippen LogP contribution in [0.4, 0.5) is 0 Å². The lowest BCUT2D eigenvalue weighted by Gasteiger charge is -2.57. The molecule has 4 nitrogen and oxygen atoms in total. The van der Waals surface area contributed by atoms with Gasteiger partial charge in [0.05, 0.1) is 6.54 Å². The van der Waals surface area contributed by atoms with Gasteiger partial charge in [-0.3, -0.25) is 4.79 Å². The summed E-state index contributed by atoms with van der Waals surface area (Å²) in [5, 5.41) is 7.64. The second-order valence-electron chi connectivity index (χ2n) is 10.4. The molecule has 1 aliphatic heterocycles. The molecule has 0 aromatic carbocycles. The molecule has 2 N–H and O–H groups in total. The van der Waals surface area contributed by atoms with Crippen LogP contribution in [0.3, 0.4) is 0 Å². The zero-order chi connectivity index (χ0) is 18.4. The van der Waals surface area contributed by atoms with Crippen LogP contribution in [0.15, 0.2) is 0 Å². The molecule has 4 bridgehead atoms. The summed E-state index contributed by atoms with van der Waals surface area (Å²) in [7, 11) is 0. The Bertz CT molecular complexity index is 571. The van der Waals surface area contributed by atoms with Crippen molar-refractivity contribution in [3.05, 3.63) is 0 Å². The summed E-state index contributed by atoms with van der Waals surface area (Å²) in [4.78, 5) is 14.8. The minimum atomic E-state index is 0.225. The highest BCUT2D eigenvalue weighted by atomic mass is 32.1. The predicted octanol–water partition coefficient (Wildman–Crippen LogP) is 3.46. The van der Waals surface area contributed by atoms with Gasteiger partial charge < -0.3 is 15.5 Å². The maximum atomic E-state index is 12.7. The molecular formula is C22H35N3OS. The minimum Gasteiger partial charge on any atom is -0.357 e. The summed E-state index contributed by atoms with van der Waals surface area (Å²) in [5.74, 6) is 4.57. The van der Waals surface area contributed by atoms with Crippen molar-refractivity contribution in [1.29, 1.82) is 0 Å². The number of carbonyl (C=O) groups excluding carboxylic acids is 1. The Labute approximate surface area is 169 Å². The predicted molar refractivity (Wildman–Crippen MR) is 111 cm³/mol. The molecule has 27 heavy (non-hydrogen) atoms. The highest BCUT2D eigenvalue weighted by Crippen LogP contribution is 2.55. The molecule has 150 valence electrons. The summed E-state index contributed by atoms with van der Waals surface area (Å²) in [5.41, 5.74) is 0.225. The van der Waals surface area contributed by atoms with E-state index in [1.165, 1.54) is 70.6 Å². The second-order valence-corrected chi connectivity index (χ2v) is 10.8. The fourth-order valence-electron chi connectivity index (χ4n) is 7.64. The quantitative estimate of drug-likeness (QED) is 0.726. The van der Waals surface area contributed by atoms with Gasteiger partial charge in [-0.25, -0.2) is 0 Å². The highest BCUT2D eigenvalue weighted by molar-refractivity contribution is 7.80. The van der Waals surface area contributed by atoms with E-state index >= 15 is 0 Å². The molecule has 0 spiro atoms. The van der Waals surface area contributed by atoms with Gasteiger partial charge in [0.2, 0.25) is 5.91 Å². The standard InChI is InChI=1S/C22H35N3OS/c26-20(25-6-5-18-3-1-2-4-19(18)14-25)13-23-21(27)24-22-10-15-7-16(11-22)9-17(8-15)12-22/h15-19H,1-14H2,(H2,23,24,27). The molecule has 2 unspecified atom stereocenters. The lowest BCUT2D eigenvalue weighted by molar-refractivity contribution is -0.133. The van der Waals surface area contributed by atoms with Gasteiger partial charge in [-0.2, -0.15) is 0 Å². The number of fused-ring (bicyclic) bond motifs is 1. The molecule has 5 aliphatic carbocycles. The zero-order valence-electron chi connectivity index (χ0n) is 16.5. The first-order valence-electron chi connectivity index (χ1n) is 11.4. The number of carbonyl (C=O) groups is 1. The number of hydrogen-bond acceptors (Lipinski definition) is 2. The maximum Gasteiger partial charge on any atom is 0.241 e. The van der Waals surface area contributed by atoms with Crippen LogP contribution in [-0.2, 0) is 4.79 Å². The van der Waals surface area contributed by atoms with Crippen LogP contribution in [0.25, 0.3) is 0 Å². The molecule has 5 heteroatoms. The van der Waals surface area contributed by atoms with Crippen LogP contribution < -0.4 is 10.6 Å². The highest BCUT2D eigenvalue weighted by Gasteiger charge is 2.51. The van der Waals surface area contributed by atoms with Crippen LogP contribution >= 0.6 is 12.2 Å². The Hall–Kier alpha value is -0.840. The number of hydrogen-bond donors (Lipinski definition) is 2. The first kappa shape index (κ1) is 18.2. The molecule has 0 radical (unpaired) electrons. The summed E-state index contributed by atoms with van der Waals surface area (Å²) in [6, 6.07) is 0. The van der Waals surface area contributed by atoms with Crippen LogP contribution in [0.5, 0.6) is 0 Å². The molecule has 1 amide bonds. The van der Waals surface area contributed by atoms with E-state index in [4.69, 9.17) is 12.2 Å². The summed E-state index contributed by atoms with van der Waals surface area (Å²) in [6.07, 6.45) is 14.8. The van der Waals surface area contributed by atoms with Crippen LogP contribution in [-0.4, -0.2) is 41.1 Å².